The SMILES string of the molecule is COc1ccc2c(c1O)C(=O)C(CC(C)=O)=C(C)C2=O. The lowest BCUT2D eigenvalue weighted by Crippen LogP contribution is -2.22. The molecule has 0 saturated carbocycles. The number of carbonyl (C=O) groups excluding carboxylic acids is 3. The van der Waals surface area contributed by atoms with Crippen molar-refractivity contribution >= 4 is 17.3 Å². The highest BCUT2D eigenvalue weighted by atomic mass is 16.5. The van der Waals surface area contributed by atoms with Gasteiger partial charge >= 0.3 is 0 Å². The van der Waals surface area contributed by atoms with E-state index in [1.807, 2.05) is 0 Å². The minimum absolute atomic E-state index is 0.0869. The first kappa shape index (κ1) is 14.0. The number of hydrogen-bond donors (Lipinski definition) is 1. The molecule has 0 spiro atoms. The largest absolute Gasteiger partial charge is 0.504 e. The van der Waals surface area contributed by atoms with Gasteiger partial charge in [-0.3, -0.25) is 14.4 Å². The van der Waals surface area contributed by atoms with E-state index in [2.05, 4.69) is 0 Å². The van der Waals surface area contributed by atoms with Crippen molar-refractivity contribution in [2.24, 2.45) is 0 Å². The molecule has 0 bridgehead atoms. The van der Waals surface area contributed by atoms with Gasteiger partial charge < -0.3 is 9.84 Å². The van der Waals surface area contributed by atoms with E-state index in [1.165, 1.54) is 33.1 Å². The Hall–Kier alpha value is -2.43. The minimum Gasteiger partial charge on any atom is -0.504 e. The first-order valence-corrected chi connectivity index (χ1v) is 6.07. The minimum atomic E-state index is -0.497. The second-order valence-corrected chi connectivity index (χ2v) is 4.68. The van der Waals surface area contributed by atoms with Gasteiger partial charge in [0.05, 0.1) is 12.7 Å². The van der Waals surface area contributed by atoms with E-state index in [4.69, 9.17) is 4.74 Å². The third-order valence-electron chi connectivity index (χ3n) is 3.33. The number of phenols is 1. The van der Waals surface area contributed by atoms with Crippen molar-refractivity contribution in [2.45, 2.75) is 20.3 Å². The molecule has 0 aromatic heterocycles. The molecule has 0 unspecified atom stereocenters. The molecule has 5 heteroatoms. The van der Waals surface area contributed by atoms with Gasteiger partial charge in [0.25, 0.3) is 0 Å². The van der Waals surface area contributed by atoms with Gasteiger partial charge in [-0.25, -0.2) is 0 Å². The molecule has 1 aliphatic rings. The van der Waals surface area contributed by atoms with Crippen LogP contribution < -0.4 is 4.74 Å². The molecule has 2 rings (SSSR count). The average molecular weight is 274 g/mol. The molecule has 0 atom stereocenters. The van der Waals surface area contributed by atoms with Crippen LogP contribution in [-0.2, 0) is 4.79 Å². The van der Waals surface area contributed by atoms with Crippen LogP contribution in [0.5, 0.6) is 11.5 Å². The number of ether oxygens (including phenoxy) is 1. The molecule has 104 valence electrons. The fraction of sp³-hybridized carbons (Fsp3) is 0.267. The second kappa shape index (κ2) is 4.92. The monoisotopic (exact) mass is 274 g/mol. The van der Waals surface area contributed by atoms with Crippen molar-refractivity contribution in [1.82, 2.24) is 0 Å². The third kappa shape index (κ3) is 2.01. The number of ketones is 3. The zero-order valence-electron chi connectivity index (χ0n) is 11.4. The molecule has 1 aliphatic carbocycles. The van der Waals surface area contributed by atoms with Gasteiger partial charge in [0.1, 0.15) is 5.78 Å². The summed E-state index contributed by atoms with van der Waals surface area (Å²) < 4.78 is 4.94. The number of methoxy groups -OCH3 is 1. The van der Waals surface area contributed by atoms with E-state index in [-0.39, 0.29) is 51.8 Å². The fourth-order valence-electron chi connectivity index (χ4n) is 2.28. The van der Waals surface area contributed by atoms with Crippen molar-refractivity contribution in [1.29, 1.82) is 0 Å². The Kier molecular flexibility index (Phi) is 3.44. The molecule has 0 radical (unpaired) electrons. The van der Waals surface area contributed by atoms with Gasteiger partial charge in [0.15, 0.2) is 23.1 Å². The lowest BCUT2D eigenvalue weighted by atomic mass is 9.82. The quantitative estimate of drug-likeness (QED) is 0.912. The van der Waals surface area contributed by atoms with Gasteiger partial charge in [-0.05, 0) is 26.0 Å². The third-order valence-corrected chi connectivity index (χ3v) is 3.33. The first-order valence-electron chi connectivity index (χ1n) is 6.07. The number of fused-ring (bicyclic) bond motifs is 1. The summed E-state index contributed by atoms with van der Waals surface area (Å²) in [5, 5.41) is 10.1. The maximum atomic E-state index is 12.4. The van der Waals surface area contributed by atoms with E-state index in [1.54, 1.807) is 0 Å². The van der Waals surface area contributed by atoms with Crippen molar-refractivity contribution in [3.8, 4) is 11.5 Å². The summed E-state index contributed by atoms with van der Waals surface area (Å²) in [6.45, 7) is 2.86. The molecular formula is C15H14O5. The fourth-order valence-corrected chi connectivity index (χ4v) is 2.28. The van der Waals surface area contributed by atoms with Crippen LogP contribution in [0.15, 0.2) is 23.3 Å². The summed E-state index contributed by atoms with van der Waals surface area (Å²) in [7, 11) is 1.36. The molecule has 0 fully saturated rings. The van der Waals surface area contributed by atoms with Gasteiger partial charge in [0, 0.05) is 23.1 Å². The average Bonchev–Trinajstić information content (AvgIpc) is 2.40. The molecule has 0 amide bonds. The Balaban J connectivity index is 2.67. The molecular weight excluding hydrogens is 260 g/mol. The maximum absolute atomic E-state index is 12.4. The lowest BCUT2D eigenvalue weighted by Gasteiger charge is -2.20. The number of carbonyl (C=O) groups is 3. The van der Waals surface area contributed by atoms with E-state index in [0.29, 0.717) is 0 Å². The van der Waals surface area contributed by atoms with Crippen molar-refractivity contribution in [2.75, 3.05) is 7.11 Å². The van der Waals surface area contributed by atoms with E-state index in [0.717, 1.165) is 0 Å². The molecule has 0 saturated heterocycles. The standard InChI is InChI=1S/C15H14O5/c1-7(16)6-10-8(2)13(17)9-4-5-11(20-3)15(19)12(9)14(10)18/h4-5,19H,6H2,1-3H3. The number of phenolic OH excluding ortho intramolecular Hbond substituents is 1. The Morgan fingerprint density at radius 2 is 1.90 bits per heavy atom. The van der Waals surface area contributed by atoms with Crippen molar-refractivity contribution < 1.29 is 24.2 Å². The van der Waals surface area contributed by atoms with Gasteiger partial charge in [-0.15, -0.1) is 0 Å². The highest BCUT2D eigenvalue weighted by molar-refractivity contribution is 6.28. The predicted octanol–water partition coefficient (Wildman–Crippen LogP) is 2.08. The zero-order valence-corrected chi connectivity index (χ0v) is 11.4. The molecule has 0 heterocycles. The summed E-state index contributed by atoms with van der Waals surface area (Å²) in [6, 6.07) is 2.88. The van der Waals surface area contributed by atoms with Gasteiger partial charge in [0.2, 0.25) is 0 Å². The maximum Gasteiger partial charge on any atom is 0.194 e. The van der Waals surface area contributed by atoms with E-state index in [9.17, 15) is 19.5 Å². The first-order chi connectivity index (χ1) is 9.38. The molecule has 0 aliphatic heterocycles. The van der Waals surface area contributed by atoms with Crippen molar-refractivity contribution in [3.63, 3.8) is 0 Å². The van der Waals surface area contributed by atoms with Gasteiger partial charge in [-0.2, -0.15) is 0 Å². The normalized spacial score (nSPS) is 14.3. The topological polar surface area (TPSA) is 80.7 Å². The highest BCUT2D eigenvalue weighted by Gasteiger charge is 2.33. The van der Waals surface area contributed by atoms with Crippen LogP contribution in [0, 0.1) is 0 Å². The summed E-state index contributed by atoms with van der Waals surface area (Å²) in [6.07, 6.45) is -0.119. The number of rotatable bonds is 3. The summed E-state index contributed by atoms with van der Waals surface area (Å²) in [4.78, 5) is 35.9. The lowest BCUT2D eigenvalue weighted by molar-refractivity contribution is -0.116. The van der Waals surface area contributed by atoms with Gasteiger partial charge in [-0.1, -0.05) is 0 Å². The van der Waals surface area contributed by atoms with Crippen LogP contribution in [0.2, 0.25) is 0 Å². The van der Waals surface area contributed by atoms with Crippen LogP contribution in [0.25, 0.3) is 0 Å². The second-order valence-electron chi connectivity index (χ2n) is 4.68. The van der Waals surface area contributed by atoms with Crippen LogP contribution in [0.1, 0.15) is 41.0 Å². The Morgan fingerprint density at radius 1 is 1.25 bits per heavy atom. The number of hydrogen-bond acceptors (Lipinski definition) is 5. The number of benzene rings is 1. The molecule has 1 aromatic carbocycles. The zero-order chi connectivity index (χ0) is 15.0. The van der Waals surface area contributed by atoms with Crippen LogP contribution >= 0.6 is 0 Å². The number of aromatic hydroxyl groups is 1. The summed E-state index contributed by atoms with van der Waals surface area (Å²) in [5.41, 5.74) is 0.440. The highest BCUT2D eigenvalue weighted by Crippen LogP contribution is 2.38. The Morgan fingerprint density at radius 3 is 2.45 bits per heavy atom. The molecule has 1 N–H and O–H groups in total. The molecule has 20 heavy (non-hydrogen) atoms. The summed E-state index contributed by atoms with van der Waals surface area (Å²) in [5.74, 6) is -1.31. The van der Waals surface area contributed by atoms with E-state index < -0.39 is 5.78 Å². The summed E-state index contributed by atoms with van der Waals surface area (Å²) >= 11 is 0. The Bertz CT molecular complexity index is 667. The molecule has 1 aromatic rings. The van der Waals surface area contributed by atoms with E-state index >= 15 is 0 Å². The smallest absolute Gasteiger partial charge is 0.194 e. The predicted molar refractivity (Wildman–Crippen MR) is 71.3 cm³/mol. The Labute approximate surface area is 115 Å². The van der Waals surface area contributed by atoms with Crippen molar-refractivity contribution in [3.05, 3.63) is 34.4 Å². The molecule has 5 nitrogen and oxygen atoms in total. The number of allylic oxidation sites excluding steroid dienone is 2. The van der Waals surface area contributed by atoms with Crippen LogP contribution in [0.4, 0.5) is 0 Å². The number of Topliss-reactive ketones (excluding diaryl/α,β-unsaturated/α-hetero) is 3. The van der Waals surface area contributed by atoms with Crippen LogP contribution in [-0.4, -0.2) is 29.6 Å². The van der Waals surface area contributed by atoms with Crippen LogP contribution in [0.3, 0.4) is 0 Å².